The first-order valence-electron chi connectivity index (χ1n) is 7.82. The van der Waals surface area contributed by atoms with Crippen molar-refractivity contribution in [3.05, 3.63) is 77.3 Å². The molecule has 0 aliphatic rings. The highest BCUT2D eigenvalue weighted by Gasteiger charge is 2.08. The van der Waals surface area contributed by atoms with E-state index in [1.165, 1.54) is 0 Å². The molecular weight excluding hydrogens is 320 g/mol. The molecule has 0 fully saturated rings. The molecule has 3 nitrogen and oxygen atoms in total. The maximum Gasteiger partial charge on any atom is 0.238 e. The van der Waals surface area contributed by atoms with Gasteiger partial charge in [-0.25, -0.2) is 0 Å². The molecule has 24 heavy (non-hydrogen) atoms. The number of likely N-dealkylation sites (N-methyl/N-ethyl adjacent to an activating group) is 1. The summed E-state index contributed by atoms with van der Waals surface area (Å²) in [7, 11) is 1.93. The minimum Gasteiger partial charge on any atom is -0.325 e. The number of benzene rings is 3. The summed E-state index contributed by atoms with van der Waals surface area (Å²) in [5.41, 5.74) is 1.94. The van der Waals surface area contributed by atoms with Crippen LogP contribution in [-0.4, -0.2) is 24.4 Å². The largest absolute Gasteiger partial charge is 0.325 e. The van der Waals surface area contributed by atoms with Crippen LogP contribution < -0.4 is 5.32 Å². The third kappa shape index (κ3) is 4.34. The Morgan fingerprint density at radius 1 is 1.00 bits per heavy atom. The van der Waals surface area contributed by atoms with Crippen LogP contribution in [0.5, 0.6) is 0 Å². The van der Waals surface area contributed by atoms with Crippen molar-refractivity contribution >= 4 is 34.0 Å². The van der Waals surface area contributed by atoms with Gasteiger partial charge in [0.15, 0.2) is 0 Å². The summed E-state index contributed by atoms with van der Waals surface area (Å²) in [5, 5.41) is 5.95. The second-order valence-electron chi connectivity index (χ2n) is 5.91. The van der Waals surface area contributed by atoms with Crippen LogP contribution in [0.2, 0.25) is 5.02 Å². The molecule has 1 amide bonds. The van der Waals surface area contributed by atoms with Crippen molar-refractivity contribution in [3.8, 4) is 0 Å². The van der Waals surface area contributed by atoms with Crippen molar-refractivity contribution in [3.63, 3.8) is 0 Å². The van der Waals surface area contributed by atoms with E-state index in [2.05, 4.69) is 11.4 Å². The van der Waals surface area contributed by atoms with E-state index in [4.69, 9.17) is 11.6 Å². The fourth-order valence-corrected chi connectivity index (χ4v) is 2.80. The topological polar surface area (TPSA) is 32.3 Å². The van der Waals surface area contributed by atoms with Crippen molar-refractivity contribution in [2.75, 3.05) is 18.9 Å². The maximum absolute atomic E-state index is 12.2. The monoisotopic (exact) mass is 338 g/mol. The minimum atomic E-state index is -0.0262. The van der Waals surface area contributed by atoms with Crippen LogP contribution in [0.15, 0.2) is 66.7 Å². The van der Waals surface area contributed by atoms with Gasteiger partial charge in [0, 0.05) is 17.3 Å². The van der Waals surface area contributed by atoms with E-state index in [9.17, 15) is 4.79 Å². The molecule has 0 atom stereocenters. The van der Waals surface area contributed by atoms with Gasteiger partial charge in [-0.3, -0.25) is 9.69 Å². The van der Waals surface area contributed by atoms with Crippen molar-refractivity contribution < 1.29 is 4.79 Å². The van der Waals surface area contributed by atoms with Gasteiger partial charge in [-0.15, -0.1) is 0 Å². The highest BCUT2D eigenvalue weighted by atomic mass is 35.5. The van der Waals surface area contributed by atoms with Crippen LogP contribution in [0, 0.1) is 0 Å². The van der Waals surface area contributed by atoms with Gasteiger partial charge in [0.25, 0.3) is 0 Å². The fraction of sp³-hybridized carbons (Fsp3) is 0.150. The molecule has 0 unspecified atom stereocenters. The Morgan fingerprint density at radius 3 is 2.46 bits per heavy atom. The summed E-state index contributed by atoms with van der Waals surface area (Å²) in [4.78, 5) is 14.2. The lowest BCUT2D eigenvalue weighted by Gasteiger charge is -2.16. The molecule has 0 aliphatic carbocycles. The third-order valence-corrected chi connectivity index (χ3v) is 4.06. The predicted octanol–water partition coefficient (Wildman–Crippen LogP) is 4.56. The summed E-state index contributed by atoms with van der Waals surface area (Å²) in [6, 6.07) is 21.7. The number of fused-ring (bicyclic) bond motifs is 1. The summed E-state index contributed by atoms with van der Waals surface area (Å²) in [5.74, 6) is -0.0262. The van der Waals surface area contributed by atoms with E-state index in [0.717, 1.165) is 27.0 Å². The number of halogens is 1. The van der Waals surface area contributed by atoms with E-state index in [1.54, 1.807) is 0 Å². The van der Waals surface area contributed by atoms with Crippen molar-refractivity contribution in [2.45, 2.75) is 6.54 Å². The molecule has 0 bridgehead atoms. The van der Waals surface area contributed by atoms with E-state index >= 15 is 0 Å². The first-order chi connectivity index (χ1) is 11.6. The van der Waals surface area contributed by atoms with Crippen LogP contribution >= 0.6 is 11.6 Å². The summed E-state index contributed by atoms with van der Waals surface area (Å²) in [6.07, 6.45) is 0. The minimum absolute atomic E-state index is 0.0262. The molecule has 0 saturated carbocycles. The number of hydrogen-bond donors (Lipinski definition) is 1. The molecule has 0 aliphatic heterocycles. The number of nitrogens with one attached hydrogen (secondary N) is 1. The second kappa shape index (κ2) is 7.47. The summed E-state index contributed by atoms with van der Waals surface area (Å²) < 4.78 is 0. The number of carbonyl (C=O) groups excluding carboxylic acids is 1. The number of rotatable bonds is 5. The van der Waals surface area contributed by atoms with E-state index in [1.807, 2.05) is 72.6 Å². The van der Waals surface area contributed by atoms with Crippen LogP contribution in [0.25, 0.3) is 10.8 Å². The molecule has 122 valence electrons. The normalized spacial score (nSPS) is 11.0. The first-order valence-corrected chi connectivity index (χ1v) is 8.19. The third-order valence-electron chi connectivity index (χ3n) is 3.81. The Morgan fingerprint density at radius 2 is 1.71 bits per heavy atom. The Bertz CT molecular complexity index is 846. The van der Waals surface area contributed by atoms with Gasteiger partial charge in [0.05, 0.1) is 6.54 Å². The highest BCUT2D eigenvalue weighted by Crippen LogP contribution is 2.18. The Balaban J connectivity index is 1.58. The Kier molecular flexibility index (Phi) is 5.14. The standard InChI is InChI=1S/C20H19ClN2O/c1-23(13-15-6-9-18(21)10-7-15)14-20(24)22-19-11-8-16-4-2-3-5-17(16)12-19/h2-12H,13-14H2,1H3,(H,22,24). The second-order valence-corrected chi connectivity index (χ2v) is 6.35. The van der Waals surface area contributed by atoms with E-state index < -0.39 is 0 Å². The van der Waals surface area contributed by atoms with E-state index in [0.29, 0.717) is 13.1 Å². The molecule has 4 heteroatoms. The molecule has 3 rings (SSSR count). The number of amides is 1. The van der Waals surface area contributed by atoms with Crippen LogP contribution in [-0.2, 0) is 11.3 Å². The molecule has 0 spiro atoms. The van der Waals surface area contributed by atoms with Gasteiger partial charge >= 0.3 is 0 Å². The van der Waals surface area contributed by atoms with Crippen molar-refractivity contribution in [1.82, 2.24) is 4.90 Å². The Labute approximate surface area is 146 Å². The number of anilines is 1. The van der Waals surface area contributed by atoms with Crippen LogP contribution in [0.3, 0.4) is 0 Å². The van der Waals surface area contributed by atoms with Crippen molar-refractivity contribution in [1.29, 1.82) is 0 Å². The SMILES string of the molecule is CN(CC(=O)Nc1ccc2ccccc2c1)Cc1ccc(Cl)cc1. The molecule has 0 saturated heterocycles. The van der Waals surface area contributed by atoms with Gasteiger partial charge in [-0.05, 0) is 47.6 Å². The molecule has 0 radical (unpaired) electrons. The summed E-state index contributed by atoms with van der Waals surface area (Å²) >= 11 is 5.89. The van der Waals surface area contributed by atoms with Gasteiger partial charge in [0.1, 0.15) is 0 Å². The lowest BCUT2D eigenvalue weighted by molar-refractivity contribution is -0.117. The smallest absolute Gasteiger partial charge is 0.238 e. The zero-order chi connectivity index (χ0) is 16.9. The Hall–Kier alpha value is -2.36. The van der Waals surface area contributed by atoms with Crippen LogP contribution in [0.4, 0.5) is 5.69 Å². The fourth-order valence-electron chi connectivity index (χ4n) is 2.67. The van der Waals surface area contributed by atoms with Crippen molar-refractivity contribution in [2.24, 2.45) is 0 Å². The number of hydrogen-bond acceptors (Lipinski definition) is 2. The quantitative estimate of drug-likeness (QED) is 0.739. The maximum atomic E-state index is 12.2. The lowest BCUT2D eigenvalue weighted by Crippen LogP contribution is -2.29. The molecular formula is C20H19ClN2O. The van der Waals surface area contributed by atoms with Crippen LogP contribution in [0.1, 0.15) is 5.56 Å². The number of nitrogens with zero attached hydrogens (tertiary/aromatic N) is 1. The average molecular weight is 339 g/mol. The molecule has 3 aromatic carbocycles. The van der Waals surface area contributed by atoms with Gasteiger partial charge in [-0.2, -0.15) is 0 Å². The van der Waals surface area contributed by atoms with Gasteiger partial charge in [-0.1, -0.05) is 54.1 Å². The summed E-state index contributed by atoms with van der Waals surface area (Å²) in [6.45, 7) is 1.03. The predicted molar refractivity (Wildman–Crippen MR) is 100 cm³/mol. The number of carbonyl (C=O) groups is 1. The lowest BCUT2D eigenvalue weighted by atomic mass is 10.1. The first kappa shape index (κ1) is 16.5. The zero-order valence-corrected chi connectivity index (χ0v) is 14.3. The zero-order valence-electron chi connectivity index (χ0n) is 13.5. The van der Waals surface area contributed by atoms with Gasteiger partial charge in [0.2, 0.25) is 5.91 Å². The molecule has 1 N–H and O–H groups in total. The van der Waals surface area contributed by atoms with E-state index in [-0.39, 0.29) is 5.91 Å². The molecule has 0 heterocycles. The molecule has 3 aromatic rings. The van der Waals surface area contributed by atoms with Gasteiger partial charge < -0.3 is 5.32 Å². The highest BCUT2D eigenvalue weighted by molar-refractivity contribution is 6.30. The molecule has 0 aromatic heterocycles. The average Bonchev–Trinajstić information content (AvgIpc) is 2.56.